The zero-order chi connectivity index (χ0) is 23.4. The average Bonchev–Trinajstić information content (AvgIpc) is 3.16. The molecule has 0 unspecified atom stereocenters. The Balaban J connectivity index is 1.74. The van der Waals surface area contributed by atoms with E-state index < -0.39 is 0 Å². The number of anilines is 1. The first-order valence-corrected chi connectivity index (χ1v) is 10.8. The van der Waals surface area contributed by atoms with Gasteiger partial charge in [-0.15, -0.1) is 0 Å². The number of halogens is 1. The molecule has 0 aliphatic carbocycles. The molecular formula is C24H28ClN3O4. The number of nitrogens with zero attached hydrogens (tertiary/aromatic N) is 3. The van der Waals surface area contributed by atoms with Gasteiger partial charge in [-0.05, 0) is 55.7 Å². The molecule has 2 aromatic carbocycles. The number of ether oxygens (including phenoxy) is 1. The summed E-state index contributed by atoms with van der Waals surface area (Å²) >= 11 is 6.18. The van der Waals surface area contributed by atoms with Crippen LogP contribution in [0.2, 0.25) is 5.02 Å². The van der Waals surface area contributed by atoms with Gasteiger partial charge in [0.15, 0.2) is 0 Å². The van der Waals surface area contributed by atoms with Crippen LogP contribution in [0.4, 0.5) is 5.69 Å². The van der Waals surface area contributed by atoms with E-state index in [4.69, 9.17) is 16.3 Å². The summed E-state index contributed by atoms with van der Waals surface area (Å²) in [6, 6.07) is 10.8. The van der Waals surface area contributed by atoms with Crippen LogP contribution in [-0.4, -0.2) is 67.5 Å². The van der Waals surface area contributed by atoms with E-state index in [9.17, 15) is 14.4 Å². The van der Waals surface area contributed by atoms with E-state index in [2.05, 4.69) is 0 Å². The summed E-state index contributed by atoms with van der Waals surface area (Å²) < 4.78 is 5.12. The van der Waals surface area contributed by atoms with Gasteiger partial charge in [-0.3, -0.25) is 19.3 Å². The molecule has 0 saturated carbocycles. The summed E-state index contributed by atoms with van der Waals surface area (Å²) in [5, 5.41) is 0.489. The highest BCUT2D eigenvalue weighted by Crippen LogP contribution is 2.26. The molecule has 0 bridgehead atoms. The van der Waals surface area contributed by atoms with Gasteiger partial charge in [-0.2, -0.15) is 0 Å². The van der Waals surface area contributed by atoms with Crippen LogP contribution in [0, 0.1) is 20.8 Å². The number of hydrogen-bond acceptors (Lipinski definition) is 4. The van der Waals surface area contributed by atoms with Gasteiger partial charge < -0.3 is 14.5 Å². The molecule has 0 atom stereocenters. The first-order chi connectivity index (χ1) is 15.2. The number of carbonyl (C=O) groups is 3. The van der Waals surface area contributed by atoms with Crippen molar-refractivity contribution in [1.82, 2.24) is 9.80 Å². The first kappa shape index (κ1) is 23.8. The van der Waals surface area contributed by atoms with Crippen molar-refractivity contribution < 1.29 is 19.1 Å². The Labute approximate surface area is 193 Å². The molecule has 8 heteroatoms. The highest BCUT2D eigenvalue weighted by molar-refractivity contribution is 6.31. The Morgan fingerprint density at radius 1 is 1.12 bits per heavy atom. The Hall–Kier alpha value is -2.90. The summed E-state index contributed by atoms with van der Waals surface area (Å²) in [5.41, 5.74) is 4.15. The lowest BCUT2D eigenvalue weighted by molar-refractivity contribution is -0.132. The van der Waals surface area contributed by atoms with Gasteiger partial charge in [0.25, 0.3) is 5.91 Å². The number of carbonyl (C=O) groups excluding carboxylic acids is 3. The Morgan fingerprint density at radius 2 is 1.88 bits per heavy atom. The van der Waals surface area contributed by atoms with Crippen molar-refractivity contribution in [3.05, 3.63) is 63.7 Å². The minimum Gasteiger partial charge on any atom is -0.383 e. The Morgan fingerprint density at radius 3 is 2.56 bits per heavy atom. The van der Waals surface area contributed by atoms with E-state index in [0.29, 0.717) is 10.6 Å². The Bertz CT molecular complexity index is 1040. The van der Waals surface area contributed by atoms with Crippen LogP contribution >= 0.6 is 11.6 Å². The fourth-order valence-corrected chi connectivity index (χ4v) is 3.76. The van der Waals surface area contributed by atoms with Gasteiger partial charge in [0, 0.05) is 29.9 Å². The average molecular weight is 458 g/mol. The van der Waals surface area contributed by atoms with Crippen molar-refractivity contribution in [3.8, 4) is 0 Å². The molecule has 0 spiro atoms. The van der Waals surface area contributed by atoms with Crippen molar-refractivity contribution in [1.29, 1.82) is 0 Å². The lowest BCUT2D eigenvalue weighted by Crippen LogP contribution is -2.44. The van der Waals surface area contributed by atoms with Crippen molar-refractivity contribution in [2.24, 2.45) is 0 Å². The van der Waals surface area contributed by atoms with E-state index in [1.54, 1.807) is 23.1 Å². The highest BCUT2D eigenvalue weighted by Gasteiger charge is 2.33. The van der Waals surface area contributed by atoms with E-state index in [1.807, 2.05) is 39.0 Å². The monoisotopic (exact) mass is 457 g/mol. The molecule has 0 aromatic heterocycles. The fraction of sp³-hybridized carbons (Fsp3) is 0.375. The molecule has 0 radical (unpaired) electrons. The van der Waals surface area contributed by atoms with Crippen molar-refractivity contribution >= 4 is 35.0 Å². The van der Waals surface area contributed by atoms with E-state index in [0.717, 1.165) is 22.4 Å². The van der Waals surface area contributed by atoms with Gasteiger partial charge in [0.05, 0.1) is 6.61 Å². The van der Waals surface area contributed by atoms with Gasteiger partial charge >= 0.3 is 0 Å². The summed E-state index contributed by atoms with van der Waals surface area (Å²) in [5.74, 6) is -0.754. The number of amides is 3. The van der Waals surface area contributed by atoms with Crippen LogP contribution in [0.1, 0.15) is 27.0 Å². The predicted molar refractivity (Wildman–Crippen MR) is 124 cm³/mol. The summed E-state index contributed by atoms with van der Waals surface area (Å²) in [6.07, 6.45) is 0. The van der Waals surface area contributed by atoms with Gasteiger partial charge in [0.1, 0.15) is 19.8 Å². The molecule has 0 N–H and O–H groups in total. The van der Waals surface area contributed by atoms with Gasteiger partial charge in [-0.25, -0.2) is 0 Å². The van der Waals surface area contributed by atoms with Crippen LogP contribution < -0.4 is 4.90 Å². The summed E-state index contributed by atoms with van der Waals surface area (Å²) in [6.45, 7) is 6.32. The van der Waals surface area contributed by atoms with E-state index >= 15 is 0 Å². The third-order valence-corrected chi connectivity index (χ3v) is 6.16. The zero-order valence-electron chi connectivity index (χ0n) is 18.9. The molecule has 170 valence electrons. The number of aryl methyl sites for hydroxylation is 2. The van der Waals surface area contributed by atoms with Crippen LogP contribution in [-0.2, 0) is 14.3 Å². The second-order valence-corrected chi connectivity index (χ2v) is 8.36. The standard InChI is InChI=1S/C24H28ClN3O4/c1-16-6-5-7-21(18(16)3)28-15-27(14-23(28)30)22(29)13-26(10-11-32-4)24(31)19-9-8-17(2)20(25)12-19/h5-9,12H,10-11,13-15H2,1-4H3. The SMILES string of the molecule is COCCN(CC(=O)N1CC(=O)N(c2cccc(C)c2C)C1)C(=O)c1ccc(C)c(Cl)c1. The highest BCUT2D eigenvalue weighted by atomic mass is 35.5. The normalized spacial score (nSPS) is 13.6. The number of benzene rings is 2. The minimum atomic E-state index is -0.311. The first-order valence-electron chi connectivity index (χ1n) is 10.4. The second kappa shape index (κ2) is 10.1. The molecule has 3 rings (SSSR count). The van der Waals surface area contributed by atoms with E-state index in [1.165, 1.54) is 16.9 Å². The van der Waals surface area contributed by atoms with Crippen molar-refractivity contribution in [2.75, 3.05) is 44.9 Å². The van der Waals surface area contributed by atoms with Crippen molar-refractivity contribution in [3.63, 3.8) is 0 Å². The molecule has 2 aromatic rings. The van der Waals surface area contributed by atoms with Gasteiger partial charge in [-0.1, -0.05) is 29.8 Å². The summed E-state index contributed by atoms with van der Waals surface area (Å²) in [4.78, 5) is 43.3. The summed E-state index contributed by atoms with van der Waals surface area (Å²) in [7, 11) is 1.54. The lowest BCUT2D eigenvalue weighted by atomic mass is 10.1. The van der Waals surface area contributed by atoms with Crippen LogP contribution in [0.5, 0.6) is 0 Å². The predicted octanol–water partition coefficient (Wildman–Crippen LogP) is 3.19. The number of rotatable bonds is 7. The number of methoxy groups -OCH3 is 1. The molecular weight excluding hydrogens is 430 g/mol. The maximum Gasteiger partial charge on any atom is 0.254 e. The zero-order valence-corrected chi connectivity index (χ0v) is 19.6. The third-order valence-electron chi connectivity index (χ3n) is 5.76. The smallest absolute Gasteiger partial charge is 0.254 e. The third kappa shape index (κ3) is 5.11. The molecule has 1 heterocycles. The molecule has 1 aliphatic heterocycles. The minimum absolute atomic E-state index is 0.0190. The molecule has 1 aliphatic rings. The van der Waals surface area contributed by atoms with Crippen LogP contribution in [0.15, 0.2) is 36.4 Å². The van der Waals surface area contributed by atoms with Crippen LogP contribution in [0.25, 0.3) is 0 Å². The second-order valence-electron chi connectivity index (χ2n) is 7.96. The topological polar surface area (TPSA) is 70.2 Å². The molecule has 7 nitrogen and oxygen atoms in total. The maximum atomic E-state index is 13.1. The molecule has 1 saturated heterocycles. The Kier molecular flexibility index (Phi) is 7.53. The fourth-order valence-electron chi connectivity index (χ4n) is 3.58. The molecule has 1 fully saturated rings. The quantitative estimate of drug-likeness (QED) is 0.640. The molecule has 32 heavy (non-hydrogen) atoms. The van der Waals surface area contributed by atoms with E-state index in [-0.39, 0.29) is 50.6 Å². The number of hydrogen-bond donors (Lipinski definition) is 0. The lowest BCUT2D eigenvalue weighted by Gasteiger charge is -2.25. The van der Waals surface area contributed by atoms with Crippen LogP contribution in [0.3, 0.4) is 0 Å². The van der Waals surface area contributed by atoms with Crippen molar-refractivity contribution in [2.45, 2.75) is 20.8 Å². The maximum absolute atomic E-state index is 13.1. The molecule has 3 amide bonds. The largest absolute Gasteiger partial charge is 0.383 e. The van der Waals surface area contributed by atoms with Gasteiger partial charge in [0.2, 0.25) is 11.8 Å².